The first-order valence-electron chi connectivity index (χ1n) is 26.0. The summed E-state index contributed by atoms with van der Waals surface area (Å²) in [7, 11) is 0. The topological polar surface area (TPSA) is 78.9 Å². The maximum absolute atomic E-state index is 12.7. The van der Waals surface area contributed by atoms with Gasteiger partial charge in [0.1, 0.15) is 13.2 Å². The van der Waals surface area contributed by atoms with E-state index in [1.807, 2.05) is 6.08 Å². The van der Waals surface area contributed by atoms with Gasteiger partial charge >= 0.3 is 17.9 Å². The number of hydrogen-bond donors (Lipinski definition) is 0. The predicted octanol–water partition coefficient (Wildman–Crippen LogP) is 17.3. The summed E-state index contributed by atoms with van der Waals surface area (Å²) in [4.78, 5) is 37.7. The molecule has 0 aromatic heterocycles. The van der Waals surface area contributed by atoms with E-state index in [4.69, 9.17) is 14.2 Å². The van der Waals surface area contributed by atoms with Gasteiger partial charge in [-0.05, 0) is 89.9 Å². The molecular formula is C59H94O6. The van der Waals surface area contributed by atoms with Crippen LogP contribution in [0.3, 0.4) is 0 Å². The Morgan fingerprint density at radius 1 is 0.338 bits per heavy atom. The monoisotopic (exact) mass is 899 g/mol. The van der Waals surface area contributed by atoms with Crippen molar-refractivity contribution in [3.63, 3.8) is 0 Å². The van der Waals surface area contributed by atoms with Crippen LogP contribution in [0.2, 0.25) is 0 Å². The van der Waals surface area contributed by atoms with Crippen LogP contribution < -0.4 is 0 Å². The average molecular weight is 899 g/mol. The molecule has 6 heteroatoms. The van der Waals surface area contributed by atoms with Crippen molar-refractivity contribution in [3.8, 4) is 0 Å². The van der Waals surface area contributed by atoms with E-state index >= 15 is 0 Å². The Morgan fingerprint density at radius 2 is 0.646 bits per heavy atom. The van der Waals surface area contributed by atoms with Gasteiger partial charge in [0.05, 0.1) is 6.42 Å². The zero-order chi connectivity index (χ0) is 47.2. The fourth-order valence-electron chi connectivity index (χ4n) is 6.66. The molecule has 0 aliphatic rings. The van der Waals surface area contributed by atoms with Crippen molar-refractivity contribution in [3.05, 3.63) is 122 Å². The van der Waals surface area contributed by atoms with Crippen LogP contribution in [0.4, 0.5) is 0 Å². The van der Waals surface area contributed by atoms with Crippen molar-refractivity contribution in [2.45, 2.75) is 219 Å². The number of carbonyl (C=O) groups excluding carboxylic acids is 3. The zero-order valence-electron chi connectivity index (χ0n) is 41.7. The highest BCUT2D eigenvalue weighted by atomic mass is 16.6. The second kappa shape index (κ2) is 52.4. The van der Waals surface area contributed by atoms with Gasteiger partial charge < -0.3 is 14.2 Å². The fourth-order valence-corrected chi connectivity index (χ4v) is 6.66. The van der Waals surface area contributed by atoms with Crippen LogP contribution >= 0.6 is 0 Å². The van der Waals surface area contributed by atoms with Gasteiger partial charge in [0.2, 0.25) is 0 Å². The Kier molecular flexibility index (Phi) is 49.1. The molecule has 0 N–H and O–H groups in total. The fraction of sp³-hybridized carbons (Fsp3) is 0.610. The minimum atomic E-state index is -0.834. The molecule has 65 heavy (non-hydrogen) atoms. The van der Waals surface area contributed by atoms with E-state index in [-0.39, 0.29) is 31.6 Å². The molecule has 0 rings (SSSR count). The molecule has 6 nitrogen and oxygen atoms in total. The number of ether oxygens (including phenoxy) is 3. The molecule has 0 amide bonds. The van der Waals surface area contributed by atoms with E-state index in [1.165, 1.54) is 64.2 Å². The van der Waals surface area contributed by atoms with Gasteiger partial charge in [-0.3, -0.25) is 14.4 Å². The van der Waals surface area contributed by atoms with Gasteiger partial charge in [0.25, 0.3) is 0 Å². The van der Waals surface area contributed by atoms with Crippen molar-refractivity contribution >= 4 is 17.9 Å². The van der Waals surface area contributed by atoms with Crippen LogP contribution in [-0.2, 0) is 28.6 Å². The Bertz CT molecular complexity index is 1400. The molecular weight excluding hydrogens is 805 g/mol. The van der Waals surface area contributed by atoms with Crippen LogP contribution in [0, 0.1) is 0 Å². The number of esters is 3. The molecule has 1 atom stereocenters. The van der Waals surface area contributed by atoms with Gasteiger partial charge in [-0.25, -0.2) is 0 Å². The molecule has 0 saturated carbocycles. The minimum absolute atomic E-state index is 0.0923. The number of rotatable bonds is 45. The van der Waals surface area contributed by atoms with Gasteiger partial charge in [-0.1, -0.05) is 226 Å². The molecule has 1 unspecified atom stereocenters. The highest BCUT2D eigenvalue weighted by Gasteiger charge is 2.19. The summed E-state index contributed by atoms with van der Waals surface area (Å²) in [5.41, 5.74) is 0. The lowest BCUT2D eigenvalue weighted by molar-refractivity contribution is -0.166. The van der Waals surface area contributed by atoms with E-state index in [0.29, 0.717) is 12.8 Å². The van der Waals surface area contributed by atoms with Crippen LogP contribution in [0.5, 0.6) is 0 Å². The Labute approximate surface area is 399 Å². The summed E-state index contributed by atoms with van der Waals surface area (Å²) >= 11 is 0. The van der Waals surface area contributed by atoms with Crippen LogP contribution in [0.15, 0.2) is 122 Å². The molecule has 0 heterocycles. The van der Waals surface area contributed by atoms with E-state index in [0.717, 1.165) is 109 Å². The maximum Gasteiger partial charge on any atom is 0.310 e. The Balaban J connectivity index is 4.31. The Hall–Kier alpha value is -4.19. The average Bonchev–Trinajstić information content (AvgIpc) is 3.30. The normalized spacial score (nSPS) is 13.1. The van der Waals surface area contributed by atoms with Crippen LogP contribution in [0.1, 0.15) is 213 Å². The minimum Gasteiger partial charge on any atom is -0.462 e. The highest BCUT2D eigenvalue weighted by Crippen LogP contribution is 2.13. The molecule has 0 spiro atoms. The van der Waals surface area contributed by atoms with E-state index < -0.39 is 12.1 Å². The van der Waals surface area contributed by atoms with Crippen molar-refractivity contribution in [2.24, 2.45) is 0 Å². The number of hydrogen-bond acceptors (Lipinski definition) is 6. The summed E-state index contributed by atoms with van der Waals surface area (Å²) in [6.45, 7) is 6.26. The van der Waals surface area contributed by atoms with E-state index in [1.54, 1.807) is 6.08 Å². The van der Waals surface area contributed by atoms with Crippen molar-refractivity contribution in [1.82, 2.24) is 0 Å². The van der Waals surface area contributed by atoms with Crippen LogP contribution in [-0.4, -0.2) is 37.2 Å². The molecule has 0 radical (unpaired) electrons. The summed E-state index contributed by atoms with van der Waals surface area (Å²) in [6.07, 6.45) is 72.3. The Morgan fingerprint density at radius 3 is 1.02 bits per heavy atom. The molecule has 0 aromatic rings. The number of carbonyl (C=O) groups is 3. The SMILES string of the molecule is CC/C=C\C/C=C\C/C=C\C/C=C\C/C=C\CCCCCCCCCCCC(=O)OCC(COC(=O)CCCCCCCCC)OC(=O)C/C=C\C/C=C\C/C=C\C/C=C\C/C=C\CC. The second-order valence-electron chi connectivity index (χ2n) is 16.7. The van der Waals surface area contributed by atoms with Gasteiger partial charge in [-0.2, -0.15) is 0 Å². The number of allylic oxidation sites excluding steroid dienone is 19. The number of unbranched alkanes of at least 4 members (excludes halogenated alkanes) is 15. The third-order valence-corrected chi connectivity index (χ3v) is 10.5. The van der Waals surface area contributed by atoms with Crippen molar-refractivity contribution in [2.75, 3.05) is 13.2 Å². The molecule has 0 aromatic carbocycles. The first kappa shape index (κ1) is 60.8. The quantitative estimate of drug-likeness (QED) is 0.0262. The zero-order valence-corrected chi connectivity index (χ0v) is 41.7. The summed E-state index contributed by atoms with van der Waals surface area (Å²) in [6, 6.07) is 0. The first-order chi connectivity index (χ1) is 32.0. The summed E-state index contributed by atoms with van der Waals surface area (Å²) < 4.78 is 16.6. The van der Waals surface area contributed by atoms with Gasteiger partial charge in [0, 0.05) is 12.8 Å². The van der Waals surface area contributed by atoms with Gasteiger partial charge in [-0.15, -0.1) is 0 Å². The predicted molar refractivity (Wildman–Crippen MR) is 279 cm³/mol. The molecule has 0 aliphatic heterocycles. The lowest BCUT2D eigenvalue weighted by atomic mass is 10.1. The maximum atomic E-state index is 12.7. The third-order valence-electron chi connectivity index (χ3n) is 10.5. The molecule has 0 fully saturated rings. The molecule has 0 aliphatic carbocycles. The smallest absolute Gasteiger partial charge is 0.310 e. The second-order valence-corrected chi connectivity index (χ2v) is 16.7. The lowest BCUT2D eigenvalue weighted by Crippen LogP contribution is -2.30. The van der Waals surface area contributed by atoms with Crippen molar-refractivity contribution in [1.29, 1.82) is 0 Å². The lowest BCUT2D eigenvalue weighted by Gasteiger charge is -2.18. The largest absolute Gasteiger partial charge is 0.462 e. The molecule has 366 valence electrons. The molecule has 0 bridgehead atoms. The standard InChI is InChI=1S/C59H94O6/c1-4-7-10-13-16-18-20-22-24-25-26-27-28-29-30-31-32-33-35-36-38-40-43-46-49-52-58(61)64-55-56(54-63-57(60)51-48-45-42-15-12-9-6-3)65-59(62)53-50-47-44-41-39-37-34-23-21-19-17-14-11-8-5-2/h7-8,10-11,16-19,22-24,26-27,29-30,34,39,41,47,50,56H,4-6,9,12-15,20-21,25,28,31-33,35-38,40,42-46,48-49,51-55H2,1-3H3/b10-7-,11-8-,18-16-,19-17-,24-22-,27-26-,30-29-,34-23-,41-39-,50-47-. The van der Waals surface area contributed by atoms with Crippen LogP contribution in [0.25, 0.3) is 0 Å². The third kappa shape index (κ3) is 50.7. The summed E-state index contributed by atoms with van der Waals surface area (Å²) in [5.74, 6) is -1.07. The molecule has 0 saturated heterocycles. The first-order valence-corrected chi connectivity index (χ1v) is 26.0. The van der Waals surface area contributed by atoms with Crippen molar-refractivity contribution < 1.29 is 28.6 Å². The summed E-state index contributed by atoms with van der Waals surface area (Å²) in [5, 5.41) is 0. The van der Waals surface area contributed by atoms with E-state index in [9.17, 15) is 14.4 Å². The van der Waals surface area contributed by atoms with E-state index in [2.05, 4.69) is 130 Å². The van der Waals surface area contributed by atoms with Gasteiger partial charge in [0.15, 0.2) is 6.10 Å². The highest BCUT2D eigenvalue weighted by molar-refractivity contribution is 5.72.